The van der Waals surface area contributed by atoms with Crippen molar-refractivity contribution in [2.24, 2.45) is 5.92 Å². The molecule has 2 aromatic rings. The second-order valence-electron chi connectivity index (χ2n) is 6.27. The predicted molar refractivity (Wildman–Crippen MR) is 101 cm³/mol. The van der Waals surface area contributed by atoms with E-state index in [1.54, 1.807) is 37.4 Å². The Hall–Kier alpha value is -3.08. The number of carbonyl (C=O) groups is 2. The monoisotopic (exact) mass is 350 g/mol. The lowest BCUT2D eigenvalue weighted by molar-refractivity contribution is -0.116. The Morgan fingerprint density at radius 2 is 1.92 bits per heavy atom. The van der Waals surface area contributed by atoms with Crippen LogP contribution in [-0.2, 0) is 11.2 Å². The molecule has 0 fully saturated rings. The smallest absolute Gasteiger partial charge is 0.251 e. The number of hydrogen-bond acceptors (Lipinski definition) is 3. The largest absolute Gasteiger partial charge is 0.493 e. The van der Waals surface area contributed by atoms with Gasteiger partial charge in [-0.1, -0.05) is 30.3 Å². The van der Waals surface area contributed by atoms with Crippen LogP contribution < -0.4 is 15.4 Å². The van der Waals surface area contributed by atoms with Gasteiger partial charge in [-0.25, -0.2) is 0 Å². The van der Waals surface area contributed by atoms with Crippen LogP contribution in [0.1, 0.15) is 21.5 Å². The zero-order chi connectivity index (χ0) is 18.4. The van der Waals surface area contributed by atoms with Gasteiger partial charge in [-0.2, -0.15) is 0 Å². The summed E-state index contributed by atoms with van der Waals surface area (Å²) in [7, 11) is 1.59. The molecule has 134 valence electrons. The number of amides is 2. The van der Waals surface area contributed by atoms with Crippen LogP contribution in [0.15, 0.2) is 54.6 Å². The molecule has 0 aromatic heterocycles. The number of carbonyl (C=O) groups excluding carboxylic acids is 2. The third kappa shape index (κ3) is 4.51. The molecule has 0 saturated carbocycles. The number of fused-ring (bicyclic) bond motifs is 1. The fourth-order valence-corrected chi connectivity index (χ4v) is 2.89. The van der Waals surface area contributed by atoms with E-state index in [9.17, 15) is 9.59 Å². The van der Waals surface area contributed by atoms with E-state index in [2.05, 4.69) is 16.7 Å². The van der Waals surface area contributed by atoms with Gasteiger partial charge in [0.2, 0.25) is 5.91 Å². The standard InChI is InChI=1S/C21H22N2O3/c1-22-21(25)17-9-6-15(7-10-17)8-11-20(24)23-13-16-12-18-4-2-3-5-19(18)26-14-16/h2-11,16H,12-14H2,1H3,(H,22,25)(H,23,24)/b11-8+. The number of ether oxygens (including phenoxy) is 1. The van der Waals surface area contributed by atoms with Gasteiger partial charge >= 0.3 is 0 Å². The van der Waals surface area contributed by atoms with Crippen LogP contribution in [0.3, 0.4) is 0 Å². The molecule has 5 heteroatoms. The van der Waals surface area contributed by atoms with Crippen LogP contribution in [0.4, 0.5) is 0 Å². The minimum atomic E-state index is -0.140. The Morgan fingerprint density at radius 3 is 2.69 bits per heavy atom. The molecule has 2 N–H and O–H groups in total. The average molecular weight is 350 g/mol. The van der Waals surface area contributed by atoms with Crippen molar-refractivity contribution >= 4 is 17.9 Å². The lowest BCUT2D eigenvalue weighted by Gasteiger charge is -2.25. The van der Waals surface area contributed by atoms with Crippen LogP contribution in [0.2, 0.25) is 0 Å². The third-order valence-corrected chi connectivity index (χ3v) is 4.35. The highest BCUT2D eigenvalue weighted by Crippen LogP contribution is 2.26. The molecule has 5 nitrogen and oxygen atoms in total. The molecule has 2 amide bonds. The second kappa shape index (κ2) is 8.34. The van der Waals surface area contributed by atoms with Gasteiger partial charge in [0.05, 0.1) is 6.61 Å². The molecule has 0 saturated heterocycles. The van der Waals surface area contributed by atoms with E-state index < -0.39 is 0 Å². The molecule has 0 bridgehead atoms. The zero-order valence-corrected chi connectivity index (χ0v) is 14.7. The number of nitrogens with one attached hydrogen (secondary N) is 2. The van der Waals surface area contributed by atoms with Gasteiger partial charge in [0.15, 0.2) is 0 Å². The van der Waals surface area contributed by atoms with E-state index in [-0.39, 0.29) is 17.7 Å². The first kappa shape index (κ1) is 17.7. The first-order valence-electron chi connectivity index (χ1n) is 8.64. The third-order valence-electron chi connectivity index (χ3n) is 4.35. The van der Waals surface area contributed by atoms with Crippen molar-refractivity contribution in [3.05, 3.63) is 71.3 Å². The Labute approximate surface area is 153 Å². The first-order chi connectivity index (χ1) is 12.7. The Kier molecular flexibility index (Phi) is 5.69. The summed E-state index contributed by atoms with van der Waals surface area (Å²) in [6.07, 6.45) is 4.14. The SMILES string of the molecule is CNC(=O)c1ccc(/C=C/C(=O)NCC2COc3ccccc3C2)cc1. The lowest BCUT2D eigenvalue weighted by Crippen LogP contribution is -2.33. The molecule has 0 spiro atoms. The van der Waals surface area contributed by atoms with Crippen LogP contribution in [0.25, 0.3) is 6.08 Å². The summed E-state index contributed by atoms with van der Waals surface area (Å²) in [4.78, 5) is 23.5. The minimum absolute atomic E-state index is 0.130. The molecule has 26 heavy (non-hydrogen) atoms. The Balaban J connectivity index is 1.48. The molecule has 0 radical (unpaired) electrons. The summed E-state index contributed by atoms with van der Waals surface area (Å²) in [5.74, 6) is 0.943. The topological polar surface area (TPSA) is 67.4 Å². The van der Waals surface area contributed by atoms with Crippen molar-refractivity contribution in [1.29, 1.82) is 0 Å². The van der Waals surface area contributed by atoms with Crippen LogP contribution in [-0.4, -0.2) is 32.0 Å². The molecule has 1 aliphatic heterocycles. The quantitative estimate of drug-likeness (QED) is 0.814. The highest BCUT2D eigenvalue weighted by Gasteiger charge is 2.19. The molecule has 1 heterocycles. The van der Waals surface area contributed by atoms with Gasteiger partial charge in [0, 0.05) is 31.1 Å². The van der Waals surface area contributed by atoms with E-state index in [4.69, 9.17) is 4.74 Å². The van der Waals surface area contributed by atoms with Crippen molar-refractivity contribution in [1.82, 2.24) is 10.6 Å². The van der Waals surface area contributed by atoms with Gasteiger partial charge in [-0.05, 0) is 41.8 Å². The fourth-order valence-electron chi connectivity index (χ4n) is 2.89. The Morgan fingerprint density at radius 1 is 1.15 bits per heavy atom. The highest BCUT2D eigenvalue weighted by atomic mass is 16.5. The van der Waals surface area contributed by atoms with Crippen molar-refractivity contribution in [2.75, 3.05) is 20.2 Å². The van der Waals surface area contributed by atoms with Crippen molar-refractivity contribution in [2.45, 2.75) is 6.42 Å². The fraction of sp³-hybridized carbons (Fsp3) is 0.238. The minimum Gasteiger partial charge on any atom is -0.493 e. The number of para-hydroxylation sites is 1. The highest BCUT2D eigenvalue weighted by molar-refractivity contribution is 5.94. The predicted octanol–water partition coefficient (Wildman–Crippen LogP) is 2.43. The summed E-state index contributed by atoms with van der Waals surface area (Å²) in [5.41, 5.74) is 2.64. The summed E-state index contributed by atoms with van der Waals surface area (Å²) in [5, 5.41) is 5.50. The number of benzene rings is 2. The molecule has 1 atom stereocenters. The van der Waals surface area contributed by atoms with Gasteiger partial charge in [0.25, 0.3) is 5.91 Å². The van der Waals surface area contributed by atoms with Crippen molar-refractivity contribution in [3.63, 3.8) is 0 Å². The summed E-state index contributed by atoms with van der Waals surface area (Å²) in [6.45, 7) is 1.19. The van der Waals surface area contributed by atoms with E-state index in [1.807, 2.05) is 18.2 Å². The van der Waals surface area contributed by atoms with Gasteiger partial charge in [-0.15, -0.1) is 0 Å². The maximum absolute atomic E-state index is 12.0. The number of hydrogen-bond donors (Lipinski definition) is 2. The molecule has 1 unspecified atom stereocenters. The first-order valence-corrected chi connectivity index (χ1v) is 8.64. The molecule has 2 aromatic carbocycles. The lowest BCUT2D eigenvalue weighted by atomic mass is 9.97. The maximum Gasteiger partial charge on any atom is 0.251 e. The zero-order valence-electron chi connectivity index (χ0n) is 14.7. The van der Waals surface area contributed by atoms with E-state index in [0.29, 0.717) is 18.7 Å². The van der Waals surface area contributed by atoms with Gasteiger partial charge < -0.3 is 15.4 Å². The molecular formula is C21H22N2O3. The summed E-state index contributed by atoms with van der Waals surface area (Å²) >= 11 is 0. The van der Waals surface area contributed by atoms with Crippen molar-refractivity contribution in [3.8, 4) is 5.75 Å². The normalized spacial score (nSPS) is 15.8. The van der Waals surface area contributed by atoms with Gasteiger partial charge in [0.1, 0.15) is 5.75 Å². The summed E-state index contributed by atoms with van der Waals surface area (Å²) in [6, 6.07) is 15.1. The van der Waals surface area contributed by atoms with E-state index >= 15 is 0 Å². The molecule has 3 rings (SSSR count). The van der Waals surface area contributed by atoms with E-state index in [0.717, 1.165) is 17.7 Å². The Bertz CT molecular complexity index is 812. The number of rotatable bonds is 5. The van der Waals surface area contributed by atoms with Gasteiger partial charge in [-0.3, -0.25) is 9.59 Å². The molecule has 0 aliphatic carbocycles. The van der Waals surface area contributed by atoms with Crippen molar-refractivity contribution < 1.29 is 14.3 Å². The second-order valence-corrected chi connectivity index (χ2v) is 6.27. The molecule has 1 aliphatic rings. The average Bonchev–Trinajstić information content (AvgIpc) is 2.70. The summed E-state index contributed by atoms with van der Waals surface area (Å²) < 4.78 is 5.74. The maximum atomic E-state index is 12.0. The van der Waals surface area contributed by atoms with Crippen LogP contribution in [0.5, 0.6) is 5.75 Å². The van der Waals surface area contributed by atoms with Crippen LogP contribution in [0, 0.1) is 5.92 Å². The van der Waals surface area contributed by atoms with E-state index in [1.165, 1.54) is 11.6 Å². The van der Waals surface area contributed by atoms with Crippen LogP contribution >= 0.6 is 0 Å². The molecular weight excluding hydrogens is 328 g/mol.